The Kier molecular flexibility index (Phi) is 6.86. The number of nitro benzene ring substituents is 1. The molecule has 1 aromatic carbocycles. The second-order valence-corrected chi connectivity index (χ2v) is 6.80. The number of benzene rings is 1. The smallest absolute Gasteiger partial charge is 0.310 e. The molecule has 0 saturated carbocycles. The Hall–Kier alpha value is -3.88. The third-order valence-electron chi connectivity index (χ3n) is 4.73. The first-order valence-electron chi connectivity index (χ1n) is 9.81. The molecule has 0 unspecified atom stereocenters. The van der Waals surface area contributed by atoms with Crippen LogP contribution in [-0.2, 0) is 28.9 Å². The van der Waals surface area contributed by atoms with E-state index in [0.717, 1.165) is 5.69 Å². The summed E-state index contributed by atoms with van der Waals surface area (Å²) in [4.78, 5) is 45.0. The predicted octanol–water partition coefficient (Wildman–Crippen LogP) is 2.87. The maximum absolute atomic E-state index is 13.3. The highest BCUT2D eigenvalue weighted by atomic mass is 16.6. The van der Waals surface area contributed by atoms with Gasteiger partial charge in [-0.25, -0.2) is 4.98 Å². The monoisotopic (exact) mass is 422 g/mol. The molecule has 0 atom stereocenters. The van der Waals surface area contributed by atoms with Crippen LogP contribution in [0.3, 0.4) is 0 Å². The van der Waals surface area contributed by atoms with Gasteiger partial charge in [0, 0.05) is 42.6 Å². The molecular weight excluding hydrogens is 400 g/mol. The lowest BCUT2D eigenvalue weighted by atomic mass is 10.0. The van der Waals surface area contributed by atoms with Crippen LogP contribution in [0.2, 0.25) is 0 Å². The minimum Gasteiger partial charge on any atom is -0.466 e. The number of carbonyl (C=O) groups excluding carboxylic acids is 1. The summed E-state index contributed by atoms with van der Waals surface area (Å²) < 4.78 is 6.51. The fourth-order valence-corrected chi connectivity index (χ4v) is 3.26. The zero-order valence-electron chi connectivity index (χ0n) is 17.3. The summed E-state index contributed by atoms with van der Waals surface area (Å²) in [5.74, 6) is -0.122. The van der Waals surface area contributed by atoms with Crippen LogP contribution in [0.4, 0.5) is 5.69 Å². The fourth-order valence-electron chi connectivity index (χ4n) is 3.26. The normalized spacial score (nSPS) is 10.6. The molecule has 160 valence electrons. The van der Waals surface area contributed by atoms with Crippen molar-refractivity contribution in [2.45, 2.75) is 33.2 Å². The average molecular weight is 422 g/mol. The summed E-state index contributed by atoms with van der Waals surface area (Å²) in [6.07, 6.45) is 1.92. The molecule has 9 heteroatoms. The van der Waals surface area contributed by atoms with Gasteiger partial charge < -0.3 is 4.74 Å². The van der Waals surface area contributed by atoms with Crippen LogP contribution < -0.4 is 5.56 Å². The van der Waals surface area contributed by atoms with Gasteiger partial charge in [-0.2, -0.15) is 0 Å². The first-order valence-corrected chi connectivity index (χ1v) is 9.81. The fraction of sp³-hybridized carbons (Fsp3) is 0.273. The maximum atomic E-state index is 13.3. The first kappa shape index (κ1) is 21.8. The van der Waals surface area contributed by atoms with Crippen molar-refractivity contribution >= 4 is 11.7 Å². The number of hydrogen-bond acceptors (Lipinski definition) is 7. The molecule has 0 saturated heterocycles. The van der Waals surface area contributed by atoms with Crippen molar-refractivity contribution in [2.24, 2.45) is 0 Å². The number of aryl methyl sites for hydroxylation is 2. The summed E-state index contributed by atoms with van der Waals surface area (Å²) >= 11 is 0. The van der Waals surface area contributed by atoms with E-state index >= 15 is 0 Å². The molecular formula is C22H22N4O5. The van der Waals surface area contributed by atoms with Gasteiger partial charge in [0.15, 0.2) is 0 Å². The van der Waals surface area contributed by atoms with Crippen molar-refractivity contribution in [2.75, 3.05) is 6.61 Å². The van der Waals surface area contributed by atoms with Gasteiger partial charge in [0.2, 0.25) is 0 Å². The largest absolute Gasteiger partial charge is 0.466 e. The van der Waals surface area contributed by atoms with Gasteiger partial charge in [0.1, 0.15) is 5.82 Å². The topological polar surface area (TPSA) is 117 Å². The summed E-state index contributed by atoms with van der Waals surface area (Å²) in [7, 11) is 0. The molecule has 31 heavy (non-hydrogen) atoms. The third kappa shape index (κ3) is 5.19. The van der Waals surface area contributed by atoms with Crippen LogP contribution in [0.5, 0.6) is 0 Å². The summed E-state index contributed by atoms with van der Waals surface area (Å²) in [6, 6.07) is 11.4. The third-order valence-corrected chi connectivity index (χ3v) is 4.73. The van der Waals surface area contributed by atoms with Crippen molar-refractivity contribution in [1.29, 1.82) is 0 Å². The van der Waals surface area contributed by atoms with E-state index in [1.54, 1.807) is 26.1 Å². The van der Waals surface area contributed by atoms with E-state index in [-0.39, 0.29) is 35.5 Å². The van der Waals surface area contributed by atoms with E-state index in [0.29, 0.717) is 24.4 Å². The second-order valence-electron chi connectivity index (χ2n) is 6.80. The minimum absolute atomic E-state index is 0.127. The molecule has 0 aliphatic rings. The molecule has 0 aliphatic carbocycles. The number of ether oxygens (including phenoxy) is 1. The van der Waals surface area contributed by atoms with Crippen molar-refractivity contribution in [1.82, 2.24) is 14.5 Å². The van der Waals surface area contributed by atoms with Gasteiger partial charge in [-0.15, -0.1) is 0 Å². The van der Waals surface area contributed by atoms with E-state index in [1.165, 1.54) is 22.8 Å². The van der Waals surface area contributed by atoms with Crippen molar-refractivity contribution in [3.63, 3.8) is 0 Å². The minimum atomic E-state index is -0.562. The highest BCUT2D eigenvalue weighted by Gasteiger charge is 2.21. The average Bonchev–Trinajstić information content (AvgIpc) is 2.76. The lowest BCUT2D eigenvalue weighted by Gasteiger charge is -2.15. The van der Waals surface area contributed by atoms with Gasteiger partial charge in [-0.1, -0.05) is 18.2 Å². The molecule has 9 nitrogen and oxygen atoms in total. The molecule has 0 spiro atoms. The van der Waals surface area contributed by atoms with Crippen molar-refractivity contribution in [3.8, 4) is 11.3 Å². The first-order chi connectivity index (χ1) is 14.9. The van der Waals surface area contributed by atoms with Crippen LogP contribution in [0.15, 0.2) is 53.5 Å². The Morgan fingerprint density at radius 1 is 1.23 bits per heavy atom. The zero-order chi connectivity index (χ0) is 22.4. The number of esters is 1. The van der Waals surface area contributed by atoms with Gasteiger partial charge in [0.25, 0.3) is 11.2 Å². The highest BCUT2D eigenvalue weighted by Crippen LogP contribution is 2.25. The SMILES string of the molecule is CCOC(=O)Cc1c(-c2cccc([N+](=O)[O-])c2)nc(C)n(CCc2ccccn2)c1=O. The van der Waals surface area contributed by atoms with E-state index < -0.39 is 10.9 Å². The van der Waals surface area contributed by atoms with Gasteiger partial charge in [0.05, 0.1) is 29.2 Å². The van der Waals surface area contributed by atoms with Crippen molar-refractivity contribution in [3.05, 3.63) is 86.2 Å². The lowest BCUT2D eigenvalue weighted by molar-refractivity contribution is -0.384. The predicted molar refractivity (Wildman–Crippen MR) is 114 cm³/mol. The molecule has 2 aromatic heterocycles. The van der Waals surface area contributed by atoms with Crippen LogP contribution in [-0.4, -0.2) is 32.0 Å². The van der Waals surface area contributed by atoms with Crippen LogP contribution in [0.1, 0.15) is 24.0 Å². The molecule has 0 N–H and O–H groups in total. The maximum Gasteiger partial charge on any atom is 0.310 e. The van der Waals surface area contributed by atoms with Crippen molar-refractivity contribution < 1.29 is 14.5 Å². The molecule has 0 amide bonds. The summed E-state index contributed by atoms with van der Waals surface area (Å²) in [5.41, 5.74) is 1.10. The molecule has 0 aliphatic heterocycles. The molecule has 0 bridgehead atoms. The van der Waals surface area contributed by atoms with Crippen LogP contribution >= 0.6 is 0 Å². The Balaban J connectivity index is 2.07. The number of nitrogens with zero attached hydrogens (tertiary/aromatic N) is 4. The Morgan fingerprint density at radius 2 is 2.03 bits per heavy atom. The molecule has 3 rings (SSSR count). The second kappa shape index (κ2) is 9.75. The molecule has 3 aromatic rings. The highest BCUT2D eigenvalue weighted by molar-refractivity contribution is 5.76. The van der Waals surface area contributed by atoms with Gasteiger partial charge >= 0.3 is 5.97 Å². The Labute approximate surface area is 178 Å². The van der Waals surface area contributed by atoms with E-state index in [1.807, 2.05) is 18.2 Å². The molecule has 2 heterocycles. The van der Waals surface area contributed by atoms with E-state index in [2.05, 4.69) is 9.97 Å². The Bertz CT molecular complexity index is 1160. The number of aromatic nitrogens is 3. The summed E-state index contributed by atoms with van der Waals surface area (Å²) in [5, 5.41) is 11.2. The quantitative estimate of drug-likeness (QED) is 0.311. The number of nitro groups is 1. The molecule has 0 radical (unpaired) electrons. The number of rotatable bonds is 8. The van der Waals surface area contributed by atoms with Crippen LogP contribution in [0, 0.1) is 17.0 Å². The van der Waals surface area contributed by atoms with E-state index in [9.17, 15) is 19.7 Å². The standard InChI is InChI=1S/C22H22N4O5/c1-3-31-20(27)14-19-21(16-7-6-9-18(13-16)26(29)30)24-15(2)25(22(19)28)12-10-17-8-4-5-11-23-17/h4-9,11,13H,3,10,12,14H2,1-2H3. The Morgan fingerprint density at radius 3 is 2.71 bits per heavy atom. The van der Waals surface area contributed by atoms with E-state index in [4.69, 9.17) is 4.74 Å². The van der Waals surface area contributed by atoms with Crippen LogP contribution in [0.25, 0.3) is 11.3 Å². The number of pyridine rings is 1. The zero-order valence-corrected chi connectivity index (χ0v) is 17.3. The number of carbonyl (C=O) groups is 1. The number of non-ortho nitro benzene ring substituents is 1. The lowest BCUT2D eigenvalue weighted by Crippen LogP contribution is -2.30. The number of hydrogen-bond donors (Lipinski definition) is 0. The van der Waals surface area contributed by atoms with Gasteiger partial charge in [-0.3, -0.25) is 29.3 Å². The molecule has 0 fully saturated rings. The van der Waals surface area contributed by atoms with Gasteiger partial charge in [-0.05, 0) is 26.0 Å². The summed E-state index contributed by atoms with van der Waals surface area (Å²) in [6.45, 7) is 3.88.